The van der Waals surface area contributed by atoms with E-state index in [2.05, 4.69) is 15.4 Å². The van der Waals surface area contributed by atoms with Crippen LogP contribution in [0.25, 0.3) is 0 Å². The van der Waals surface area contributed by atoms with Gasteiger partial charge < -0.3 is 19.6 Å². The van der Waals surface area contributed by atoms with Crippen LogP contribution >= 0.6 is 0 Å². The molecule has 2 aromatic rings. The van der Waals surface area contributed by atoms with E-state index in [1.54, 1.807) is 20.3 Å². The molecule has 2 rings (SSSR count). The second kappa shape index (κ2) is 7.41. The number of nitrogen functional groups attached to an aromatic ring is 1. The Morgan fingerprint density at radius 3 is 2.71 bits per heavy atom. The summed E-state index contributed by atoms with van der Waals surface area (Å²) in [4.78, 5) is 8.40. The molecule has 7 nitrogen and oxygen atoms in total. The number of aromatic nitrogens is 2. The van der Waals surface area contributed by atoms with Gasteiger partial charge in [0.1, 0.15) is 24.8 Å². The van der Waals surface area contributed by atoms with Crippen LogP contribution in [-0.2, 0) is 18.0 Å². The Hall–Kier alpha value is -2.38. The third-order valence-electron chi connectivity index (χ3n) is 2.69. The molecule has 1 aromatic heterocycles. The van der Waals surface area contributed by atoms with Crippen LogP contribution in [0.5, 0.6) is 11.6 Å². The zero-order chi connectivity index (χ0) is 15.1. The van der Waals surface area contributed by atoms with Crippen molar-refractivity contribution in [3.63, 3.8) is 0 Å². The van der Waals surface area contributed by atoms with Gasteiger partial charge in [0.05, 0.1) is 7.11 Å². The van der Waals surface area contributed by atoms with E-state index >= 15 is 0 Å². The van der Waals surface area contributed by atoms with Crippen LogP contribution < -0.4 is 20.7 Å². The largest absolute Gasteiger partial charge is 0.497 e. The number of nitrogens with two attached hydrogens (primary N) is 1. The normalized spacial score (nSPS) is 10.2. The number of rotatable bonds is 7. The van der Waals surface area contributed by atoms with Crippen LogP contribution in [0.2, 0.25) is 0 Å². The molecular formula is C14H18N4O3. The fourth-order valence-corrected chi connectivity index (χ4v) is 1.73. The number of nitrogens with zero attached hydrogens (tertiary/aromatic N) is 2. The van der Waals surface area contributed by atoms with Gasteiger partial charge in [0.25, 0.3) is 0 Å². The minimum absolute atomic E-state index is 0.283. The number of ether oxygens (including phenoxy) is 3. The average Bonchev–Trinajstić information content (AvgIpc) is 2.53. The molecule has 0 saturated carbocycles. The Bertz CT molecular complexity index is 592. The number of hydrazine groups is 1. The van der Waals surface area contributed by atoms with Crippen LogP contribution in [-0.4, -0.2) is 24.2 Å². The molecule has 0 amide bonds. The third kappa shape index (κ3) is 4.30. The Kier molecular flexibility index (Phi) is 5.30. The van der Waals surface area contributed by atoms with Crippen molar-refractivity contribution in [3.05, 3.63) is 41.7 Å². The van der Waals surface area contributed by atoms with Crippen LogP contribution in [0.4, 0.5) is 5.82 Å². The first kappa shape index (κ1) is 15.0. The van der Waals surface area contributed by atoms with Crippen LogP contribution in [0, 0.1) is 0 Å². The zero-order valence-electron chi connectivity index (χ0n) is 12.0. The Morgan fingerprint density at radius 1 is 1.14 bits per heavy atom. The molecule has 0 saturated heterocycles. The number of nitrogens with one attached hydrogen (secondary N) is 1. The highest BCUT2D eigenvalue weighted by Gasteiger charge is 2.06. The number of hydrogen-bond acceptors (Lipinski definition) is 7. The minimum atomic E-state index is 0.283. The Labute approximate surface area is 123 Å². The number of anilines is 1. The van der Waals surface area contributed by atoms with E-state index in [1.807, 2.05) is 24.3 Å². The maximum absolute atomic E-state index is 5.66. The first-order valence-electron chi connectivity index (χ1n) is 6.34. The number of methoxy groups -OCH3 is 2. The highest BCUT2D eigenvalue weighted by atomic mass is 16.5. The highest BCUT2D eigenvalue weighted by Crippen LogP contribution is 2.17. The smallest absolute Gasteiger partial charge is 0.219 e. The van der Waals surface area contributed by atoms with Gasteiger partial charge in [-0.25, -0.2) is 10.8 Å². The lowest BCUT2D eigenvalue weighted by Gasteiger charge is -2.09. The van der Waals surface area contributed by atoms with Crippen molar-refractivity contribution in [1.29, 1.82) is 0 Å². The van der Waals surface area contributed by atoms with E-state index in [1.165, 1.54) is 0 Å². The molecular weight excluding hydrogens is 272 g/mol. The van der Waals surface area contributed by atoms with Crippen LogP contribution in [0.3, 0.4) is 0 Å². The van der Waals surface area contributed by atoms with Crippen molar-refractivity contribution in [2.75, 3.05) is 19.6 Å². The first-order chi connectivity index (χ1) is 10.2. The molecule has 1 heterocycles. The van der Waals surface area contributed by atoms with E-state index in [4.69, 9.17) is 20.1 Å². The quantitative estimate of drug-likeness (QED) is 0.589. The molecule has 7 heteroatoms. The van der Waals surface area contributed by atoms with Crippen molar-refractivity contribution < 1.29 is 14.2 Å². The molecule has 0 aliphatic heterocycles. The monoisotopic (exact) mass is 290 g/mol. The molecule has 21 heavy (non-hydrogen) atoms. The van der Waals surface area contributed by atoms with Crippen molar-refractivity contribution in [1.82, 2.24) is 9.97 Å². The second-order valence-electron chi connectivity index (χ2n) is 4.23. The molecule has 3 N–H and O–H groups in total. The lowest BCUT2D eigenvalue weighted by Crippen LogP contribution is -2.11. The molecule has 0 spiro atoms. The highest BCUT2D eigenvalue weighted by molar-refractivity contribution is 5.37. The van der Waals surface area contributed by atoms with Gasteiger partial charge in [-0.1, -0.05) is 12.1 Å². The lowest BCUT2D eigenvalue weighted by atomic mass is 10.2. The van der Waals surface area contributed by atoms with E-state index < -0.39 is 0 Å². The van der Waals surface area contributed by atoms with E-state index in [0.29, 0.717) is 24.1 Å². The maximum Gasteiger partial charge on any atom is 0.219 e. The van der Waals surface area contributed by atoms with E-state index in [0.717, 1.165) is 11.3 Å². The number of benzene rings is 1. The maximum atomic E-state index is 5.66. The van der Waals surface area contributed by atoms with Crippen molar-refractivity contribution in [3.8, 4) is 11.6 Å². The molecule has 0 radical (unpaired) electrons. The van der Waals surface area contributed by atoms with Gasteiger partial charge in [0, 0.05) is 13.2 Å². The molecule has 0 fully saturated rings. The average molecular weight is 290 g/mol. The molecule has 1 aromatic carbocycles. The topological polar surface area (TPSA) is 91.5 Å². The molecule has 0 bridgehead atoms. The Balaban J connectivity index is 2.09. The summed E-state index contributed by atoms with van der Waals surface area (Å²) >= 11 is 0. The van der Waals surface area contributed by atoms with E-state index in [-0.39, 0.29) is 6.61 Å². The summed E-state index contributed by atoms with van der Waals surface area (Å²) in [5.74, 6) is 7.54. The first-order valence-corrected chi connectivity index (χ1v) is 6.34. The van der Waals surface area contributed by atoms with Gasteiger partial charge in [0.2, 0.25) is 5.88 Å². The molecule has 0 unspecified atom stereocenters. The molecule has 0 aliphatic carbocycles. The summed E-state index contributed by atoms with van der Waals surface area (Å²) in [7, 11) is 3.20. The SMILES string of the molecule is COCc1nc(NN)cc(OCc2cccc(OC)c2)n1. The standard InChI is InChI=1S/C14H18N4O3/c1-19-9-13-16-12(18-15)7-14(17-13)21-8-10-4-3-5-11(6-10)20-2/h3-7H,8-9,15H2,1-2H3,(H,16,17,18). The summed E-state index contributed by atoms with van der Waals surface area (Å²) in [6, 6.07) is 9.25. The summed E-state index contributed by atoms with van der Waals surface area (Å²) in [5, 5.41) is 0. The van der Waals surface area contributed by atoms with Crippen molar-refractivity contribution in [2.24, 2.45) is 5.84 Å². The minimum Gasteiger partial charge on any atom is -0.497 e. The van der Waals surface area contributed by atoms with Gasteiger partial charge in [-0.3, -0.25) is 0 Å². The van der Waals surface area contributed by atoms with E-state index in [9.17, 15) is 0 Å². The molecule has 112 valence electrons. The summed E-state index contributed by atoms with van der Waals surface area (Å²) in [6.45, 7) is 0.648. The fraction of sp³-hybridized carbons (Fsp3) is 0.286. The van der Waals surface area contributed by atoms with Gasteiger partial charge in [0.15, 0.2) is 5.82 Å². The van der Waals surface area contributed by atoms with Crippen LogP contribution in [0.15, 0.2) is 30.3 Å². The summed E-state index contributed by atoms with van der Waals surface area (Å²) in [6.07, 6.45) is 0. The van der Waals surface area contributed by atoms with Crippen LogP contribution in [0.1, 0.15) is 11.4 Å². The van der Waals surface area contributed by atoms with Gasteiger partial charge in [-0.2, -0.15) is 4.98 Å². The van der Waals surface area contributed by atoms with Crippen molar-refractivity contribution in [2.45, 2.75) is 13.2 Å². The second-order valence-corrected chi connectivity index (χ2v) is 4.23. The fourth-order valence-electron chi connectivity index (χ4n) is 1.73. The van der Waals surface area contributed by atoms with Gasteiger partial charge in [-0.05, 0) is 17.7 Å². The third-order valence-corrected chi connectivity index (χ3v) is 2.69. The van der Waals surface area contributed by atoms with Gasteiger partial charge in [-0.15, -0.1) is 0 Å². The predicted octanol–water partition coefficient (Wildman–Crippen LogP) is 1.50. The lowest BCUT2D eigenvalue weighted by molar-refractivity contribution is 0.176. The predicted molar refractivity (Wildman–Crippen MR) is 77.9 cm³/mol. The van der Waals surface area contributed by atoms with Gasteiger partial charge >= 0.3 is 0 Å². The summed E-state index contributed by atoms with van der Waals surface area (Å²) < 4.78 is 15.8. The molecule has 0 aliphatic rings. The summed E-state index contributed by atoms with van der Waals surface area (Å²) in [5.41, 5.74) is 3.45. The van der Waals surface area contributed by atoms with Crippen molar-refractivity contribution >= 4 is 5.82 Å². The number of hydrogen-bond donors (Lipinski definition) is 2. The zero-order valence-corrected chi connectivity index (χ0v) is 12.0. The molecule has 0 atom stereocenters. The Morgan fingerprint density at radius 2 is 2.00 bits per heavy atom.